The van der Waals surface area contributed by atoms with E-state index in [4.69, 9.17) is 9.47 Å². The molecule has 7 nitrogen and oxygen atoms in total. The molecule has 0 aliphatic carbocycles. The number of anilines is 1. The summed E-state index contributed by atoms with van der Waals surface area (Å²) in [6, 6.07) is 11.0. The maximum Gasteiger partial charge on any atom is 0.269 e. The fourth-order valence-electron chi connectivity index (χ4n) is 3.16. The molecule has 0 aliphatic rings. The van der Waals surface area contributed by atoms with Gasteiger partial charge < -0.3 is 14.8 Å². The lowest BCUT2D eigenvalue weighted by Crippen LogP contribution is -2.34. The molecule has 2 heterocycles. The molecule has 3 aromatic rings. The number of carbonyl (C=O) groups is 1. The van der Waals surface area contributed by atoms with Gasteiger partial charge in [0.2, 0.25) is 0 Å². The number of hydrogen-bond donors (Lipinski definition) is 1. The van der Waals surface area contributed by atoms with Crippen molar-refractivity contribution in [2.75, 3.05) is 25.6 Å². The predicted octanol–water partition coefficient (Wildman–Crippen LogP) is 2.86. The second-order valence-corrected chi connectivity index (χ2v) is 9.04. The quantitative estimate of drug-likeness (QED) is 0.473. The molecule has 2 aromatic heterocycles. The summed E-state index contributed by atoms with van der Waals surface area (Å²) in [5.74, 6) is -0.0817. The first-order valence-corrected chi connectivity index (χ1v) is 12.1. The molecular weight excluding hydrogens is 458 g/mol. The van der Waals surface area contributed by atoms with Crippen LogP contribution < -0.4 is 24.8 Å². The van der Waals surface area contributed by atoms with Crippen LogP contribution in [0.4, 0.5) is 5.69 Å². The Morgan fingerprint density at radius 2 is 2.09 bits per heavy atom. The highest BCUT2D eigenvalue weighted by atomic mass is 32.1. The minimum atomic E-state index is -0.592. The molecule has 0 bridgehead atoms. The summed E-state index contributed by atoms with van der Waals surface area (Å²) in [5.41, 5.74) is 1.18. The molecule has 0 aliphatic heterocycles. The molecule has 0 radical (unpaired) electrons. The highest BCUT2D eigenvalue weighted by Crippen LogP contribution is 2.24. The van der Waals surface area contributed by atoms with Gasteiger partial charge >= 0.3 is 0 Å². The van der Waals surface area contributed by atoms with Gasteiger partial charge in [-0.2, -0.15) is 5.26 Å². The summed E-state index contributed by atoms with van der Waals surface area (Å²) in [4.78, 5) is 27.3. The predicted molar refractivity (Wildman–Crippen MR) is 132 cm³/mol. The van der Waals surface area contributed by atoms with E-state index >= 15 is 0 Å². The van der Waals surface area contributed by atoms with E-state index in [-0.39, 0.29) is 11.1 Å². The number of nitrogens with one attached hydrogen (secondary N) is 1. The van der Waals surface area contributed by atoms with E-state index in [2.05, 4.69) is 5.32 Å². The van der Waals surface area contributed by atoms with Crippen molar-refractivity contribution in [2.24, 2.45) is 0 Å². The third-order valence-corrected chi connectivity index (χ3v) is 6.89. The number of thiazole rings is 1. The Kier molecular flexibility index (Phi) is 8.60. The first kappa shape index (κ1) is 24.5. The number of nitriles is 1. The van der Waals surface area contributed by atoms with E-state index in [1.54, 1.807) is 31.4 Å². The lowest BCUT2D eigenvalue weighted by molar-refractivity contribution is -0.111. The van der Waals surface area contributed by atoms with Crippen LogP contribution in [0.3, 0.4) is 0 Å². The van der Waals surface area contributed by atoms with Crippen LogP contribution in [0.1, 0.15) is 23.8 Å². The van der Waals surface area contributed by atoms with Gasteiger partial charge in [-0.1, -0.05) is 12.1 Å². The number of aromatic nitrogens is 1. The van der Waals surface area contributed by atoms with Crippen molar-refractivity contribution in [2.45, 2.75) is 26.8 Å². The number of hydrogen-bond acceptors (Lipinski definition) is 7. The van der Waals surface area contributed by atoms with Crippen molar-refractivity contribution >= 4 is 45.9 Å². The van der Waals surface area contributed by atoms with Crippen molar-refractivity contribution in [3.8, 4) is 11.8 Å². The van der Waals surface area contributed by atoms with Crippen LogP contribution in [0.2, 0.25) is 0 Å². The maximum atomic E-state index is 13.2. The molecule has 0 atom stereocenters. The number of aryl methyl sites for hydroxylation is 1. The van der Waals surface area contributed by atoms with E-state index in [9.17, 15) is 14.9 Å². The molecule has 172 valence electrons. The molecule has 1 amide bonds. The number of thiophene rings is 1. The monoisotopic (exact) mass is 483 g/mol. The van der Waals surface area contributed by atoms with Crippen molar-refractivity contribution < 1.29 is 14.3 Å². The summed E-state index contributed by atoms with van der Waals surface area (Å²) in [7, 11) is 1.59. The highest BCUT2D eigenvalue weighted by Gasteiger charge is 2.17. The van der Waals surface area contributed by atoms with Gasteiger partial charge in [-0.3, -0.25) is 14.2 Å². The van der Waals surface area contributed by atoms with Crippen LogP contribution in [0.15, 0.2) is 40.5 Å². The molecule has 9 heteroatoms. The zero-order valence-electron chi connectivity index (χ0n) is 18.7. The zero-order valence-corrected chi connectivity index (χ0v) is 20.3. The Hall–Kier alpha value is -3.19. The summed E-state index contributed by atoms with van der Waals surface area (Å²) < 4.78 is 13.0. The topological polar surface area (TPSA) is 93.4 Å². The highest BCUT2D eigenvalue weighted by molar-refractivity contribution is 7.11. The minimum Gasteiger partial charge on any atom is -0.492 e. The van der Waals surface area contributed by atoms with Gasteiger partial charge in [0, 0.05) is 25.1 Å². The number of ether oxygens (including phenoxy) is 2. The smallest absolute Gasteiger partial charge is 0.269 e. The van der Waals surface area contributed by atoms with Crippen molar-refractivity contribution in [1.29, 1.82) is 5.26 Å². The van der Waals surface area contributed by atoms with Gasteiger partial charge in [-0.15, -0.1) is 22.7 Å². The van der Waals surface area contributed by atoms with Gasteiger partial charge in [-0.05, 0) is 55.5 Å². The second kappa shape index (κ2) is 11.6. The lowest BCUT2D eigenvalue weighted by Gasteiger charge is -2.11. The average Bonchev–Trinajstić information content (AvgIpc) is 3.34. The first-order chi connectivity index (χ1) is 16.0. The lowest BCUT2D eigenvalue weighted by atomic mass is 10.2. The van der Waals surface area contributed by atoms with Crippen molar-refractivity contribution in [3.05, 3.63) is 65.7 Å². The molecule has 0 fully saturated rings. The van der Waals surface area contributed by atoms with E-state index < -0.39 is 5.91 Å². The van der Waals surface area contributed by atoms with Crippen molar-refractivity contribution in [1.82, 2.24) is 4.57 Å². The summed E-state index contributed by atoms with van der Waals surface area (Å²) in [6.45, 7) is 5.06. The number of rotatable bonds is 9. The Bertz CT molecular complexity index is 1340. The van der Waals surface area contributed by atoms with Crippen LogP contribution in [0.5, 0.6) is 5.75 Å². The molecule has 1 aromatic carbocycles. The Balaban J connectivity index is 2.13. The molecule has 33 heavy (non-hydrogen) atoms. The zero-order chi connectivity index (χ0) is 23.8. The minimum absolute atomic E-state index is 0.122. The second-order valence-electron chi connectivity index (χ2n) is 7.06. The van der Waals surface area contributed by atoms with Crippen LogP contribution in [0.25, 0.3) is 11.6 Å². The molecular formula is C24H25N3O4S2. The number of benzene rings is 1. The summed E-state index contributed by atoms with van der Waals surface area (Å²) >= 11 is 2.68. The molecule has 0 saturated carbocycles. The van der Waals surface area contributed by atoms with Crippen LogP contribution in [-0.2, 0) is 16.1 Å². The summed E-state index contributed by atoms with van der Waals surface area (Å²) in [6.07, 6.45) is 2.39. The molecule has 0 saturated heterocycles. The average molecular weight is 484 g/mol. The van der Waals surface area contributed by atoms with Crippen LogP contribution in [0, 0.1) is 18.3 Å². The van der Waals surface area contributed by atoms with Gasteiger partial charge in [0.25, 0.3) is 11.5 Å². The SMILES string of the molecule is CCOc1ccccc1NC(=O)/C(C#N)=c1\s/c(=C\c2sccc2C)c(=O)n1CCCOC. The van der Waals surface area contributed by atoms with Crippen molar-refractivity contribution in [3.63, 3.8) is 0 Å². The summed E-state index contributed by atoms with van der Waals surface area (Å²) in [5, 5.41) is 14.6. The fourth-order valence-corrected chi connectivity index (χ4v) is 5.20. The van der Waals surface area contributed by atoms with Gasteiger partial charge in [0.1, 0.15) is 16.5 Å². The third-order valence-electron chi connectivity index (χ3n) is 4.79. The standard InChI is InChI=1S/C24H25N3O4S2/c1-4-31-19-9-6-5-8-18(19)26-22(28)17(15-25)24-27(11-7-12-30-3)23(29)21(33-24)14-20-16(2)10-13-32-20/h5-6,8-10,13-14H,4,7,11-12H2,1-3H3,(H,26,28)/b21-14-,24-17-. The van der Waals surface area contributed by atoms with Gasteiger partial charge in [0.05, 0.1) is 16.8 Å². The Morgan fingerprint density at radius 1 is 1.30 bits per heavy atom. The maximum absolute atomic E-state index is 13.2. The molecule has 1 N–H and O–H groups in total. The van der Waals surface area contributed by atoms with E-state index in [1.165, 1.54) is 15.9 Å². The Morgan fingerprint density at radius 3 is 2.76 bits per heavy atom. The Labute approximate surface area is 199 Å². The van der Waals surface area contributed by atoms with Crippen LogP contribution >= 0.6 is 22.7 Å². The third kappa shape index (κ3) is 5.79. The number of carbonyl (C=O) groups excluding carboxylic acids is 1. The van der Waals surface area contributed by atoms with E-state index in [0.717, 1.165) is 21.8 Å². The molecule has 0 unspecified atom stereocenters. The molecule has 3 rings (SSSR count). The fraction of sp³-hybridized carbons (Fsp3) is 0.292. The largest absolute Gasteiger partial charge is 0.492 e. The first-order valence-electron chi connectivity index (χ1n) is 10.4. The van der Waals surface area contributed by atoms with E-state index in [0.29, 0.717) is 46.8 Å². The molecule has 0 spiro atoms. The van der Waals surface area contributed by atoms with Gasteiger partial charge in [-0.25, -0.2) is 0 Å². The number of nitrogens with zero attached hydrogens (tertiary/aromatic N) is 2. The van der Waals surface area contributed by atoms with Crippen LogP contribution in [-0.4, -0.2) is 30.8 Å². The van der Waals surface area contributed by atoms with E-state index in [1.807, 2.05) is 37.4 Å². The normalized spacial score (nSPS) is 12.4. The number of amides is 1. The number of methoxy groups -OCH3 is 1. The number of para-hydroxylation sites is 2. The van der Waals surface area contributed by atoms with Gasteiger partial charge in [0.15, 0.2) is 5.57 Å².